The average molecular weight is 270 g/mol. The monoisotopic (exact) mass is 270 g/mol. The Kier molecular flexibility index (Phi) is 3.89. The maximum atomic E-state index is 12.4. The van der Waals surface area contributed by atoms with E-state index in [1.807, 2.05) is 0 Å². The van der Waals surface area contributed by atoms with Crippen LogP contribution in [0.5, 0.6) is 5.75 Å². The van der Waals surface area contributed by atoms with Crippen LogP contribution in [0.15, 0.2) is 29.2 Å². The molecule has 1 unspecified atom stereocenters. The summed E-state index contributed by atoms with van der Waals surface area (Å²) < 4.78 is 31.4. The Morgan fingerprint density at radius 2 is 2.06 bits per heavy atom. The molecule has 0 saturated carbocycles. The zero-order valence-corrected chi connectivity index (χ0v) is 11.2. The molecule has 1 aromatic carbocycles. The van der Waals surface area contributed by atoms with Gasteiger partial charge in [-0.25, -0.2) is 8.42 Å². The maximum Gasteiger partial charge on any atom is 0.243 e. The number of rotatable bonds is 4. The van der Waals surface area contributed by atoms with Crippen molar-refractivity contribution in [3.05, 3.63) is 24.3 Å². The summed E-state index contributed by atoms with van der Waals surface area (Å²) in [6, 6.07) is 6.37. The molecule has 0 bridgehead atoms. The minimum absolute atomic E-state index is 0.0721. The molecule has 100 valence electrons. The highest BCUT2D eigenvalue weighted by Crippen LogP contribution is 2.26. The Morgan fingerprint density at radius 1 is 1.39 bits per heavy atom. The van der Waals surface area contributed by atoms with E-state index >= 15 is 0 Å². The van der Waals surface area contributed by atoms with Gasteiger partial charge in [-0.1, -0.05) is 0 Å². The summed E-state index contributed by atoms with van der Waals surface area (Å²) in [7, 11) is -1.88. The number of sulfonamides is 1. The van der Waals surface area contributed by atoms with E-state index in [-0.39, 0.29) is 6.04 Å². The highest BCUT2D eigenvalue weighted by molar-refractivity contribution is 7.89. The van der Waals surface area contributed by atoms with Gasteiger partial charge in [0.1, 0.15) is 5.75 Å². The van der Waals surface area contributed by atoms with Crippen LogP contribution in [0.2, 0.25) is 0 Å². The molecule has 0 spiro atoms. The van der Waals surface area contributed by atoms with Crippen LogP contribution in [-0.4, -0.2) is 39.0 Å². The second kappa shape index (κ2) is 5.26. The van der Waals surface area contributed by atoms with Gasteiger partial charge in [0.15, 0.2) is 0 Å². The molecule has 1 fully saturated rings. The number of hydrogen-bond donors (Lipinski definition) is 1. The van der Waals surface area contributed by atoms with Gasteiger partial charge < -0.3 is 10.5 Å². The Balaban J connectivity index is 2.29. The minimum atomic E-state index is -3.43. The molecule has 2 rings (SSSR count). The Labute approximate surface area is 108 Å². The molecule has 0 radical (unpaired) electrons. The van der Waals surface area contributed by atoms with E-state index in [1.165, 1.54) is 4.31 Å². The molecule has 1 heterocycles. The van der Waals surface area contributed by atoms with Crippen molar-refractivity contribution in [1.82, 2.24) is 4.31 Å². The summed E-state index contributed by atoms with van der Waals surface area (Å²) in [6.45, 7) is 0.922. The van der Waals surface area contributed by atoms with E-state index < -0.39 is 10.0 Å². The summed E-state index contributed by atoms with van der Waals surface area (Å²) in [6.07, 6.45) is 1.71. The van der Waals surface area contributed by atoms with E-state index in [2.05, 4.69) is 0 Å². The third kappa shape index (κ3) is 2.36. The van der Waals surface area contributed by atoms with Crippen molar-refractivity contribution < 1.29 is 13.2 Å². The van der Waals surface area contributed by atoms with Crippen LogP contribution in [0.3, 0.4) is 0 Å². The molecule has 1 aliphatic rings. The van der Waals surface area contributed by atoms with E-state index in [1.54, 1.807) is 31.4 Å². The molecule has 0 aromatic heterocycles. The number of hydrogen-bond acceptors (Lipinski definition) is 4. The van der Waals surface area contributed by atoms with Crippen molar-refractivity contribution in [2.45, 2.75) is 23.8 Å². The van der Waals surface area contributed by atoms with E-state index in [4.69, 9.17) is 10.5 Å². The number of nitrogens with two attached hydrogens (primary N) is 1. The van der Waals surface area contributed by atoms with Crippen LogP contribution < -0.4 is 10.5 Å². The van der Waals surface area contributed by atoms with Gasteiger partial charge in [0.2, 0.25) is 10.0 Å². The largest absolute Gasteiger partial charge is 0.497 e. The van der Waals surface area contributed by atoms with E-state index in [0.717, 1.165) is 12.8 Å². The highest BCUT2D eigenvalue weighted by Gasteiger charge is 2.34. The molecule has 2 N–H and O–H groups in total. The zero-order valence-electron chi connectivity index (χ0n) is 10.4. The van der Waals surface area contributed by atoms with Crippen molar-refractivity contribution in [1.29, 1.82) is 0 Å². The normalized spacial score (nSPS) is 21.1. The minimum Gasteiger partial charge on any atom is -0.497 e. The fourth-order valence-electron chi connectivity index (χ4n) is 2.24. The molecule has 1 saturated heterocycles. The summed E-state index contributed by atoms with van der Waals surface area (Å²) in [4.78, 5) is 0.295. The van der Waals surface area contributed by atoms with Gasteiger partial charge >= 0.3 is 0 Å². The Bertz CT molecular complexity index is 499. The van der Waals surface area contributed by atoms with Gasteiger partial charge in [-0.3, -0.25) is 0 Å². The number of methoxy groups -OCH3 is 1. The summed E-state index contributed by atoms with van der Waals surface area (Å²) in [5, 5.41) is 0. The molecule has 1 aliphatic heterocycles. The first-order valence-corrected chi connectivity index (χ1v) is 7.39. The fraction of sp³-hybridized carbons (Fsp3) is 0.500. The van der Waals surface area contributed by atoms with Gasteiger partial charge in [0, 0.05) is 19.1 Å². The Hall–Kier alpha value is -1.11. The molecule has 18 heavy (non-hydrogen) atoms. The molecule has 6 heteroatoms. The first-order valence-electron chi connectivity index (χ1n) is 5.95. The van der Waals surface area contributed by atoms with Crippen molar-refractivity contribution in [2.24, 2.45) is 5.73 Å². The summed E-state index contributed by atoms with van der Waals surface area (Å²) in [5.74, 6) is 0.644. The lowest BCUT2D eigenvalue weighted by Gasteiger charge is -2.22. The highest BCUT2D eigenvalue weighted by atomic mass is 32.2. The maximum absolute atomic E-state index is 12.4. The number of ether oxygens (including phenoxy) is 1. The molecular weight excluding hydrogens is 252 g/mol. The lowest BCUT2D eigenvalue weighted by atomic mass is 10.2. The lowest BCUT2D eigenvalue weighted by Crippen LogP contribution is -2.39. The van der Waals surface area contributed by atoms with Gasteiger partial charge in [0.25, 0.3) is 0 Å². The molecule has 0 amide bonds. The predicted octanol–water partition coefficient (Wildman–Crippen LogP) is 0.807. The van der Waals surface area contributed by atoms with Gasteiger partial charge in [0.05, 0.1) is 12.0 Å². The number of nitrogens with zero attached hydrogens (tertiary/aromatic N) is 1. The second-order valence-corrected chi connectivity index (χ2v) is 6.21. The van der Waals surface area contributed by atoms with E-state index in [9.17, 15) is 8.42 Å². The molecule has 1 aromatic rings. The third-order valence-electron chi connectivity index (χ3n) is 3.26. The van der Waals surface area contributed by atoms with E-state index in [0.29, 0.717) is 23.7 Å². The third-order valence-corrected chi connectivity index (χ3v) is 5.23. The van der Waals surface area contributed by atoms with Gasteiger partial charge in [-0.15, -0.1) is 0 Å². The summed E-state index contributed by atoms with van der Waals surface area (Å²) >= 11 is 0. The van der Waals surface area contributed by atoms with Gasteiger partial charge in [-0.05, 0) is 37.1 Å². The van der Waals surface area contributed by atoms with Crippen LogP contribution >= 0.6 is 0 Å². The predicted molar refractivity (Wildman–Crippen MR) is 69.0 cm³/mol. The molecule has 5 nitrogen and oxygen atoms in total. The average Bonchev–Trinajstić information content (AvgIpc) is 2.88. The van der Waals surface area contributed by atoms with Gasteiger partial charge in [-0.2, -0.15) is 4.31 Å². The van der Waals surface area contributed by atoms with Crippen molar-refractivity contribution >= 4 is 10.0 Å². The second-order valence-electron chi connectivity index (χ2n) is 4.32. The zero-order chi connectivity index (χ0) is 13.2. The Morgan fingerprint density at radius 3 is 2.61 bits per heavy atom. The fourth-order valence-corrected chi connectivity index (χ4v) is 3.95. The van der Waals surface area contributed by atoms with Crippen molar-refractivity contribution in [3.8, 4) is 5.75 Å². The van der Waals surface area contributed by atoms with Crippen molar-refractivity contribution in [2.75, 3.05) is 20.2 Å². The molecule has 1 atom stereocenters. The lowest BCUT2D eigenvalue weighted by molar-refractivity contribution is 0.392. The number of benzene rings is 1. The standard InChI is InChI=1S/C12H18N2O3S/c1-17-11-4-6-12(7-5-11)18(15,16)14-8-2-3-10(14)9-13/h4-7,10H,2-3,8-9,13H2,1H3. The van der Waals surface area contributed by atoms with Crippen LogP contribution in [0.25, 0.3) is 0 Å². The SMILES string of the molecule is COc1ccc(S(=O)(=O)N2CCCC2CN)cc1. The molecular formula is C12H18N2O3S. The van der Waals surface area contributed by atoms with Crippen LogP contribution in [0.1, 0.15) is 12.8 Å². The first-order chi connectivity index (χ1) is 8.59. The smallest absolute Gasteiger partial charge is 0.243 e. The quantitative estimate of drug-likeness (QED) is 0.878. The first kappa shape index (κ1) is 13.3. The topological polar surface area (TPSA) is 72.6 Å². The summed E-state index contributed by atoms with van der Waals surface area (Å²) in [5.41, 5.74) is 5.62. The van der Waals surface area contributed by atoms with Crippen LogP contribution in [0.4, 0.5) is 0 Å². The van der Waals surface area contributed by atoms with Crippen molar-refractivity contribution in [3.63, 3.8) is 0 Å². The van der Waals surface area contributed by atoms with Crippen LogP contribution in [-0.2, 0) is 10.0 Å². The van der Waals surface area contributed by atoms with Crippen LogP contribution in [0, 0.1) is 0 Å². The molecule has 0 aliphatic carbocycles.